The van der Waals surface area contributed by atoms with E-state index in [0.717, 1.165) is 11.1 Å². The third-order valence-electron chi connectivity index (χ3n) is 2.60. The molecule has 86 valence electrons. The van der Waals surface area contributed by atoms with Crippen molar-refractivity contribution in [2.75, 3.05) is 5.73 Å². The first-order valence-corrected chi connectivity index (χ1v) is 5.28. The highest BCUT2D eigenvalue weighted by atomic mass is 16.4. The summed E-state index contributed by atoms with van der Waals surface area (Å²) in [6.07, 6.45) is 0. The summed E-state index contributed by atoms with van der Waals surface area (Å²) in [6, 6.07) is 12.5. The molecule has 0 radical (unpaired) electrons. The van der Waals surface area contributed by atoms with Crippen LogP contribution in [-0.2, 0) is 0 Å². The molecule has 0 heterocycles. The zero-order chi connectivity index (χ0) is 12.4. The standard InChI is InChI=1S/C14H13NO2/c1-9-3-2-4-10(7-9)13-8-11(15)5-6-12(13)14(16)17/h2-8H,15H2,1H3,(H,16,17). The summed E-state index contributed by atoms with van der Waals surface area (Å²) >= 11 is 0. The molecule has 3 N–H and O–H groups in total. The normalized spacial score (nSPS) is 10.2. The van der Waals surface area contributed by atoms with E-state index in [1.165, 1.54) is 6.07 Å². The molecule has 0 atom stereocenters. The van der Waals surface area contributed by atoms with Gasteiger partial charge in [-0.2, -0.15) is 0 Å². The average molecular weight is 227 g/mol. The van der Waals surface area contributed by atoms with Crippen LogP contribution in [0.2, 0.25) is 0 Å². The van der Waals surface area contributed by atoms with Gasteiger partial charge < -0.3 is 10.8 Å². The molecule has 0 spiro atoms. The van der Waals surface area contributed by atoms with Gasteiger partial charge in [0.05, 0.1) is 5.56 Å². The third-order valence-corrected chi connectivity index (χ3v) is 2.60. The fraction of sp³-hybridized carbons (Fsp3) is 0.0714. The summed E-state index contributed by atoms with van der Waals surface area (Å²) in [4.78, 5) is 11.2. The molecule has 0 aliphatic carbocycles. The molecule has 2 rings (SSSR count). The van der Waals surface area contributed by atoms with Crippen molar-refractivity contribution < 1.29 is 9.90 Å². The first-order valence-electron chi connectivity index (χ1n) is 5.28. The number of benzene rings is 2. The van der Waals surface area contributed by atoms with Crippen LogP contribution in [0.4, 0.5) is 5.69 Å². The Kier molecular flexibility index (Phi) is 2.83. The Labute approximate surface area is 99.5 Å². The molecular formula is C14H13NO2. The fourth-order valence-corrected chi connectivity index (χ4v) is 1.80. The van der Waals surface area contributed by atoms with E-state index in [1.54, 1.807) is 12.1 Å². The van der Waals surface area contributed by atoms with E-state index in [1.807, 2.05) is 31.2 Å². The molecule has 0 bridgehead atoms. The smallest absolute Gasteiger partial charge is 0.336 e. The number of carbonyl (C=O) groups is 1. The molecule has 0 fully saturated rings. The van der Waals surface area contributed by atoms with Crippen LogP contribution in [0, 0.1) is 6.92 Å². The zero-order valence-electron chi connectivity index (χ0n) is 9.47. The number of nitrogen functional groups attached to an aromatic ring is 1. The Balaban J connectivity index is 2.65. The van der Waals surface area contributed by atoms with Crippen LogP contribution in [0.3, 0.4) is 0 Å². The Morgan fingerprint density at radius 1 is 1.18 bits per heavy atom. The van der Waals surface area contributed by atoms with E-state index >= 15 is 0 Å². The molecule has 3 heteroatoms. The van der Waals surface area contributed by atoms with Gasteiger partial charge in [-0.1, -0.05) is 29.8 Å². The summed E-state index contributed by atoms with van der Waals surface area (Å²) in [5.41, 5.74) is 9.15. The van der Waals surface area contributed by atoms with Crippen molar-refractivity contribution in [3.05, 3.63) is 53.6 Å². The van der Waals surface area contributed by atoms with Crippen LogP contribution < -0.4 is 5.73 Å². The second kappa shape index (κ2) is 4.29. The predicted octanol–water partition coefficient (Wildman–Crippen LogP) is 2.94. The summed E-state index contributed by atoms with van der Waals surface area (Å²) in [6.45, 7) is 1.97. The quantitative estimate of drug-likeness (QED) is 0.775. The maximum Gasteiger partial charge on any atom is 0.336 e. The van der Waals surface area contributed by atoms with Crippen molar-refractivity contribution in [3.8, 4) is 11.1 Å². The minimum atomic E-state index is -0.943. The minimum Gasteiger partial charge on any atom is -0.478 e. The number of nitrogens with two attached hydrogens (primary N) is 1. The van der Waals surface area contributed by atoms with Gasteiger partial charge in [0.1, 0.15) is 0 Å². The van der Waals surface area contributed by atoms with Crippen LogP contribution >= 0.6 is 0 Å². The lowest BCUT2D eigenvalue weighted by molar-refractivity contribution is 0.0698. The van der Waals surface area contributed by atoms with E-state index in [9.17, 15) is 4.79 Å². The average Bonchev–Trinajstić information content (AvgIpc) is 2.28. The highest BCUT2D eigenvalue weighted by Gasteiger charge is 2.11. The van der Waals surface area contributed by atoms with Crippen molar-refractivity contribution in [1.29, 1.82) is 0 Å². The van der Waals surface area contributed by atoms with Gasteiger partial charge >= 0.3 is 5.97 Å². The first kappa shape index (κ1) is 11.2. The lowest BCUT2D eigenvalue weighted by atomic mass is 9.98. The molecule has 2 aromatic carbocycles. The summed E-state index contributed by atoms with van der Waals surface area (Å²) in [5.74, 6) is -0.943. The largest absolute Gasteiger partial charge is 0.478 e. The summed E-state index contributed by atoms with van der Waals surface area (Å²) in [5, 5.41) is 9.15. The monoisotopic (exact) mass is 227 g/mol. The Morgan fingerprint density at radius 2 is 1.94 bits per heavy atom. The molecule has 0 saturated heterocycles. The number of hydrogen-bond donors (Lipinski definition) is 2. The second-order valence-electron chi connectivity index (χ2n) is 3.98. The maximum absolute atomic E-state index is 11.2. The predicted molar refractivity (Wildman–Crippen MR) is 68.0 cm³/mol. The van der Waals surface area contributed by atoms with E-state index in [4.69, 9.17) is 10.8 Å². The van der Waals surface area contributed by atoms with Gasteiger partial charge in [-0.15, -0.1) is 0 Å². The van der Waals surface area contributed by atoms with Gasteiger partial charge in [-0.05, 0) is 36.2 Å². The molecule has 0 aliphatic heterocycles. The molecule has 3 nitrogen and oxygen atoms in total. The van der Waals surface area contributed by atoms with E-state index < -0.39 is 5.97 Å². The van der Waals surface area contributed by atoms with Gasteiger partial charge in [-0.25, -0.2) is 4.79 Å². The van der Waals surface area contributed by atoms with Gasteiger partial charge in [0.15, 0.2) is 0 Å². The first-order chi connectivity index (χ1) is 8.08. The van der Waals surface area contributed by atoms with Gasteiger partial charge in [0.25, 0.3) is 0 Å². The number of carboxylic acid groups (broad SMARTS) is 1. The topological polar surface area (TPSA) is 63.3 Å². The molecule has 0 aromatic heterocycles. The lowest BCUT2D eigenvalue weighted by Crippen LogP contribution is -2.00. The summed E-state index contributed by atoms with van der Waals surface area (Å²) < 4.78 is 0. The SMILES string of the molecule is Cc1cccc(-c2cc(N)ccc2C(=O)O)c1. The van der Waals surface area contributed by atoms with E-state index in [2.05, 4.69) is 0 Å². The number of aromatic carboxylic acids is 1. The number of carboxylic acids is 1. The lowest BCUT2D eigenvalue weighted by Gasteiger charge is -2.08. The molecule has 0 saturated carbocycles. The van der Waals surface area contributed by atoms with Gasteiger partial charge in [0, 0.05) is 5.69 Å². The van der Waals surface area contributed by atoms with Crippen molar-refractivity contribution in [1.82, 2.24) is 0 Å². The van der Waals surface area contributed by atoms with Crippen molar-refractivity contribution in [2.45, 2.75) is 6.92 Å². The van der Waals surface area contributed by atoms with Crippen molar-refractivity contribution >= 4 is 11.7 Å². The maximum atomic E-state index is 11.2. The molecule has 0 unspecified atom stereocenters. The van der Waals surface area contributed by atoms with Crippen LogP contribution in [0.1, 0.15) is 15.9 Å². The number of anilines is 1. The number of aryl methyl sites for hydroxylation is 1. The molecular weight excluding hydrogens is 214 g/mol. The van der Waals surface area contributed by atoms with Crippen LogP contribution in [0.15, 0.2) is 42.5 Å². The van der Waals surface area contributed by atoms with Crippen molar-refractivity contribution in [2.24, 2.45) is 0 Å². The highest BCUT2D eigenvalue weighted by Crippen LogP contribution is 2.26. The fourth-order valence-electron chi connectivity index (χ4n) is 1.80. The Hall–Kier alpha value is -2.29. The van der Waals surface area contributed by atoms with E-state index in [-0.39, 0.29) is 5.56 Å². The van der Waals surface area contributed by atoms with Crippen LogP contribution in [0.25, 0.3) is 11.1 Å². The third kappa shape index (κ3) is 2.28. The van der Waals surface area contributed by atoms with E-state index in [0.29, 0.717) is 11.3 Å². The molecule has 2 aromatic rings. The van der Waals surface area contributed by atoms with Crippen molar-refractivity contribution in [3.63, 3.8) is 0 Å². The Morgan fingerprint density at radius 3 is 2.59 bits per heavy atom. The number of hydrogen-bond acceptors (Lipinski definition) is 2. The number of rotatable bonds is 2. The van der Waals surface area contributed by atoms with Gasteiger partial charge in [-0.3, -0.25) is 0 Å². The van der Waals surface area contributed by atoms with Crippen LogP contribution in [-0.4, -0.2) is 11.1 Å². The molecule has 17 heavy (non-hydrogen) atoms. The minimum absolute atomic E-state index is 0.268. The highest BCUT2D eigenvalue weighted by molar-refractivity contribution is 5.96. The molecule has 0 aliphatic rings. The Bertz CT molecular complexity index is 576. The van der Waals surface area contributed by atoms with Gasteiger partial charge in [0.2, 0.25) is 0 Å². The van der Waals surface area contributed by atoms with Crippen LogP contribution in [0.5, 0.6) is 0 Å². The molecule has 0 amide bonds. The zero-order valence-corrected chi connectivity index (χ0v) is 9.47. The second-order valence-corrected chi connectivity index (χ2v) is 3.98. The summed E-state index contributed by atoms with van der Waals surface area (Å²) in [7, 11) is 0.